The zero-order chi connectivity index (χ0) is 20.0. The standard InChI is InChI=1S/C19H14ClFN4O2S/c1-10(26)24-15-8-7-11(20)9-13(15)16-17(27)22-19(28-2)23-25(16)18(24)12-5-3-4-6-14(12)21/h3-9,18H,1-2H3/p+1/t18-/m1/s1. The van der Waals surface area contributed by atoms with Crippen LogP contribution in [0.15, 0.2) is 52.4 Å². The Hall–Kier alpha value is -2.71. The van der Waals surface area contributed by atoms with Gasteiger partial charge in [0.2, 0.25) is 11.1 Å². The highest BCUT2D eigenvalue weighted by atomic mass is 35.5. The van der Waals surface area contributed by atoms with Gasteiger partial charge >= 0.3 is 11.3 Å². The molecule has 3 aromatic rings. The second-order valence-corrected chi connectivity index (χ2v) is 7.43. The molecular weight excluding hydrogens is 403 g/mol. The maximum Gasteiger partial charge on any atom is 0.325 e. The van der Waals surface area contributed by atoms with Crippen LogP contribution in [0.1, 0.15) is 18.7 Å². The van der Waals surface area contributed by atoms with Crippen molar-refractivity contribution in [2.24, 2.45) is 0 Å². The Morgan fingerprint density at radius 3 is 2.75 bits per heavy atom. The van der Waals surface area contributed by atoms with Crippen molar-refractivity contribution >= 4 is 35.0 Å². The molecule has 2 heterocycles. The third kappa shape index (κ3) is 2.89. The van der Waals surface area contributed by atoms with Crippen molar-refractivity contribution in [2.45, 2.75) is 18.2 Å². The number of nitrogens with one attached hydrogen (secondary N) is 1. The van der Waals surface area contributed by atoms with Gasteiger partial charge in [0, 0.05) is 17.0 Å². The van der Waals surface area contributed by atoms with Crippen molar-refractivity contribution in [3.63, 3.8) is 0 Å². The smallest absolute Gasteiger partial charge is 0.291 e. The summed E-state index contributed by atoms with van der Waals surface area (Å²) < 4.78 is 16.1. The number of aromatic nitrogens is 3. The van der Waals surface area contributed by atoms with Crippen LogP contribution in [0.5, 0.6) is 0 Å². The third-order valence-corrected chi connectivity index (χ3v) is 5.33. The van der Waals surface area contributed by atoms with Crippen molar-refractivity contribution in [3.05, 3.63) is 69.2 Å². The molecular formula is C19H15ClFN4O2S+. The number of amides is 1. The number of benzene rings is 2. The average molecular weight is 418 g/mol. The summed E-state index contributed by atoms with van der Waals surface area (Å²) in [6, 6.07) is 11.0. The van der Waals surface area contributed by atoms with Gasteiger partial charge in [-0.05, 0) is 41.3 Å². The monoisotopic (exact) mass is 417 g/mol. The Kier molecular flexibility index (Phi) is 4.68. The summed E-state index contributed by atoms with van der Waals surface area (Å²) in [6.07, 6.45) is 0.815. The van der Waals surface area contributed by atoms with E-state index >= 15 is 0 Å². The summed E-state index contributed by atoms with van der Waals surface area (Å²) in [5, 5.41) is 5.23. The van der Waals surface area contributed by atoms with Crippen molar-refractivity contribution in [2.75, 3.05) is 11.2 Å². The lowest BCUT2D eigenvalue weighted by atomic mass is 10.0. The van der Waals surface area contributed by atoms with Crippen LogP contribution in [0.4, 0.5) is 10.1 Å². The van der Waals surface area contributed by atoms with Crippen LogP contribution < -0.4 is 15.1 Å². The fourth-order valence-electron chi connectivity index (χ4n) is 3.39. The van der Waals surface area contributed by atoms with E-state index < -0.39 is 17.5 Å². The summed E-state index contributed by atoms with van der Waals surface area (Å²) in [4.78, 5) is 29.7. The van der Waals surface area contributed by atoms with Crippen LogP contribution in [0.3, 0.4) is 0 Å². The van der Waals surface area contributed by atoms with Gasteiger partial charge < -0.3 is 0 Å². The molecule has 1 aromatic heterocycles. The number of nitrogens with zero attached hydrogens (tertiary/aromatic N) is 3. The number of rotatable bonds is 2. The van der Waals surface area contributed by atoms with Crippen LogP contribution in [0, 0.1) is 5.82 Å². The number of carbonyl (C=O) groups excluding carboxylic acids is 1. The van der Waals surface area contributed by atoms with Crippen LogP contribution in [-0.2, 0) is 4.79 Å². The zero-order valence-electron chi connectivity index (χ0n) is 14.9. The third-order valence-electron chi connectivity index (χ3n) is 4.53. The normalized spacial score (nSPS) is 15.1. The molecule has 9 heteroatoms. The number of anilines is 1. The molecule has 1 atom stereocenters. The predicted molar refractivity (Wildman–Crippen MR) is 105 cm³/mol. The van der Waals surface area contributed by atoms with Crippen LogP contribution >= 0.6 is 23.4 Å². The van der Waals surface area contributed by atoms with E-state index in [-0.39, 0.29) is 17.2 Å². The SMILES string of the molecule is CSc1n[n+]2c(c(=O)[nH]1)-c1cc(Cl)ccc1N(C(C)=O)[C@H]2c1ccccc1F. The minimum absolute atomic E-state index is 0.209. The first-order chi connectivity index (χ1) is 13.4. The van der Waals surface area contributed by atoms with Crippen molar-refractivity contribution in [1.82, 2.24) is 10.1 Å². The van der Waals surface area contributed by atoms with Gasteiger partial charge in [-0.15, -0.1) is 0 Å². The summed E-state index contributed by atoms with van der Waals surface area (Å²) in [7, 11) is 0. The van der Waals surface area contributed by atoms with E-state index in [1.807, 2.05) is 0 Å². The lowest BCUT2D eigenvalue weighted by molar-refractivity contribution is -0.763. The van der Waals surface area contributed by atoms with E-state index in [1.165, 1.54) is 34.3 Å². The number of carbonyl (C=O) groups is 1. The molecule has 1 aliphatic heterocycles. The number of thioether (sulfide) groups is 1. The lowest BCUT2D eigenvalue weighted by Crippen LogP contribution is -2.60. The molecule has 28 heavy (non-hydrogen) atoms. The van der Waals surface area contributed by atoms with Crippen molar-refractivity contribution < 1.29 is 13.9 Å². The maximum absolute atomic E-state index is 14.7. The Morgan fingerprint density at radius 2 is 2.07 bits per heavy atom. The highest BCUT2D eigenvalue weighted by Gasteiger charge is 2.46. The Balaban J connectivity index is 2.14. The van der Waals surface area contributed by atoms with Gasteiger partial charge in [-0.2, -0.15) is 0 Å². The Bertz CT molecular complexity index is 1170. The summed E-state index contributed by atoms with van der Waals surface area (Å²) in [5.41, 5.74) is 0.967. The Morgan fingerprint density at radius 1 is 1.32 bits per heavy atom. The van der Waals surface area contributed by atoms with Crippen molar-refractivity contribution in [3.8, 4) is 11.3 Å². The molecule has 0 unspecified atom stereocenters. The van der Waals surface area contributed by atoms with E-state index in [1.54, 1.807) is 42.7 Å². The molecule has 0 saturated carbocycles. The molecule has 0 radical (unpaired) electrons. The number of hydrogen-bond acceptors (Lipinski definition) is 4. The highest BCUT2D eigenvalue weighted by Crippen LogP contribution is 2.39. The molecule has 0 aliphatic carbocycles. The summed E-state index contributed by atoms with van der Waals surface area (Å²) >= 11 is 7.39. The molecule has 0 spiro atoms. The Labute approximate surface area is 169 Å². The molecule has 2 aromatic carbocycles. The van der Waals surface area contributed by atoms with E-state index in [4.69, 9.17) is 11.6 Å². The van der Waals surface area contributed by atoms with Gasteiger partial charge in [0.05, 0.1) is 16.8 Å². The topological polar surface area (TPSA) is 69.9 Å². The average Bonchev–Trinajstić information content (AvgIpc) is 2.66. The van der Waals surface area contributed by atoms with E-state index in [2.05, 4.69) is 10.1 Å². The first-order valence-electron chi connectivity index (χ1n) is 8.36. The number of halogens is 2. The molecule has 0 saturated heterocycles. The molecule has 0 fully saturated rings. The van der Waals surface area contributed by atoms with E-state index in [9.17, 15) is 14.0 Å². The number of H-pyrrole nitrogens is 1. The first kappa shape index (κ1) is 18.6. The second-order valence-electron chi connectivity index (χ2n) is 6.20. The second kappa shape index (κ2) is 7.03. The van der Waals surface area contributed by atoms with Crippen LogP contribution in [0.25, 0.3) is 11.3 Å². The molecule has 1 amide bonds. The largest absolute Gasteiger partial charge is 0.325 e. The number of aromatic amines is 1. The molecule has 4 rings (SSSR count). The van der Waals surface area contributed by atoms with Gasteiger partial charge in [0.25, 0.3) is 6.17 Å². The van der Waals surface area contributed by atoms with Crippen molar-refractivity contribution in [1.29, 1.82) is 0 Å². The fraction of sp³-hybridized carbons (Fsp3) is 0.158. The quantitative estimate of drug-likeness (QED) is 0.513. The molecule has 0 bridgehead atoms. The van der Waals surface area contributed by atoms with Crippen LogP contribution in [-0.4, -0.2) is 22.2 Å². The summed E-state index contributed by atoms with van der Waals surface area (Å²) in [5.74, 6) is -0.815. The highest BCUT2D eigenvalue weighted by molar-refractivity contribution is 7.98. The first-order valence-corrected chi connectivity index (χ1v) is 9.97. The number of hydrogen-bond donors (Lipinski definition) is 1. The van der Waals surface area contributed by atoms with Gasteiger partial charge in [-0.3, -0.25) is 14.6 Å². The molecule has 6 nitrogen and oxygen atoms in total. The predicted octanol–water partition coefficient (Wildman–Crippen LogP) is 3.15. The summed E-state index contributed by atoms with van der Waals surface area (Å²) in [6.45, 7) is 1.39. The molecule has 1 N–H and O–H groups in total. The fourth-order valence-corrected chi connectivity index (χ4v) is 3.93. The van der Waals surface area contributed by atoms with Gasteiger partial charge in [-0.1, -0.05) is 35.5 Å². The molecule has 1 aliphatic rings. The van der Waals surface area contributed by atoms with Crippen LogP contribution in [0.2, 0.25) is 5.02 Å². The maximum atomic E-state index is 14.7. The van der Waals surface area contributed by atoms with E-state index in [0.717, 1.165) is 0 Å². The van der Waals surface area contributed by atoms with E-state index in [0.29, 0.717) is 21.4 Å². The van der Waals surface area contributed by atoms with Gasteiger partial charge in [-0.25, -0.2) is 9.29 Å². The minimum atomic E-state index is -0.949. The minimum Gasteiger partial charge on any atom is -0.291 e. The van der Waals surface area contributed by atoms with Gasteiger partial charge in [0.15, 0.2) is 0 Å². The lowest BCUT2D eigenvalue weighted by Gasteiger charge is -2.31. The number of fused-ring (bicyclic) bond motifs is 3. The molecule has 142 valence electrons. The zero-order valence-corrected chi connectivity index (χ0v) is 16.5. The van der Waals surface area contributed by atoms with Gasteiger partial charge in [0.1, 0.15) is 5.82 Å².